The molecule has 2 unspecified atom stereocenters. The van der Waals surface area contributed by atoms with Gasteiger partial charge in [-0.1, -0.05) is 32.0 Å². The van der Waals surface area contributed by atoms with Crippen molar-refractivity contribution in [2.45, 2.75) is 39.2 Å². The summed E-state index contributed by atoms with van der Waals surface area (Å²) in [6.07, 6.45) is 3.00. The molecule has 0 fully saturated rings. The Bertz CT molecular complexity index is 490. The van der Waals surface area contributed by atoms with E-state index in [9.17, 15) is 0 Å². The van der Waals surface area contributed by atoms with Crippen molar-refractivity contribution in [3.8, 4) is 5.69 Å². The van der Waals surface area contributed by atoms with E-state index in [1.54, 1.807) is 0 Å². The number of rotatable bonds is 6. The van der Waals surface area contributed by atoms with Crippen LogP contribution in [0.5, 0.6) is 0 Å². The Kier molecular flexibility index (Phi) is 4.74. The van der Waals surface area contributed by atoms with Gasteiger partial charge >= 0.3 is 0 Å². The molecule has 1 aromatic carbocycles. The molecule has 3 nitrogen and oxygen atoms in total. The highest BCUT2D eigenvalue weighted by Gasteiger charge is 2.15. The van der Waals surface area contributed by atoms with Crippen LogP contribution in [0.4, 0.5) is 0 Å². The fourth-order valence-electron chi connectivity index (χ4n) is 2.55. The van der Waals surface area contributed by atoms with Crippen LogP contribution in [-0.2, 0) is 0 Å². The van der Waals surface area contributed by atoms with E-state index in [1.165, 1.54) is 5.69 Å². The minimum atomic E-state index is 0.483. The lowest BCUT2D eigenvalue weighted by Crippen LogP contribution is -2.27. The first-order chi connectivity index (χ1) is 9.22. The summed E-state index contributed by atoms with van der Waals surface area (Å²) in [6.45, 7) is 7.68. The Balaban J connectivity index is 2.15. The zero-order valence-corrected chi connectivity index (χ0v) is 12.0. The topological polar surface area (TPSA) is 29.9 Å². The molecule has 0 amide bonds. The van der Waals surface area contributed by atoms with Crippen molar-refractivity contribution in [1.29, 1.82) is 0 Å². The zero-order chi connectivity index (χ0) is 13.7. The highest BCUT2D eigenvalue weighted by Crippen LogP contribution is 2.22. The van der Waals surface area contributed by atoms with Gasteiger partial charge in [-0.2, -0.15) is 5.10 Å². The van der Waals surface area contributed by atoms with Crippen LogP contribution in [0.15, 0.2) is 42.6 Å². The van der Waals surface area contributed by atoms with E-state index >= 15 is 0 Å². The molecule has 0 radical (unpaired) electrons. The van der Waals surface area contributed by atoms with E-state index in [1.807, 2.05) is 29.1 Å². The smallest absolute Gasteiger partial charge is 0.0648 e. The molecule has 3 heteroatoms. The molecular formula is C16H23N3. The molecule has 2 rings (SSSR count). The van der Waals surface area contributed by atoms with E-state index in [0.29, 0.717) is 12.0 Å². The second kappa shape index (κ2) is 6.53. The molecule has 19 heavy (non-hydrogen) atoms. The van der Waals surface area contributed by atoms with Crippen molar-refractivity contribution in [1.82, 2.24) is 15.1 Å². The first kappa shape index (κ1) is 13.8. The zero-order valence-electron chi connectivity index (χ0n) is 12.0. The van der Waals surface area contributed by atoms with Gasteiger partial charge in [-0.25, -0.2) is 4.68 Å². The van der Waals surface area contributed by atoms with Crippen LogP contribution in [-0.4, -0.2) is 22.4 Å². The maximum atomic E-state index is 4.46. The average Bonchev–Trinajstić information content (AvgIpc) is 2.89. The average molecular weight is 257 g/mol. The number of aromatic nitrogens is 2. The molecule has 0 bridgehead atoms. The van der Waals surface area contributed by atoms with Crippen molar-refractivity contribution in [3.63, 3.8) is 0 Å². The van der Waals surface area contributed by atoms with Crippen molar-refractivity contribution < 1.29 is 0 Å². The minimum Gasteiger partial charge on any atom is -0.315 e. The number of hydrogen-bond donors (Lipinski definition) is 1. The Hall–Kier alpha value is -1.61. The van der Waals surface area contributed by atoms with Crippen molar-refractivity contribution >= 4 is 0 Å². The molecule has 2 aromatic rings. The normalized spacial score (nSPS) is 14.3. The van der Waals surface area contributed by atoms with Crippen LogP contribution >= 0.6 is 0 Å². The Morgan fingerprint density at radius 1 is 1.16 bits per heavy atom. The number of nitrogens with zero attached hydrogens (tertiary/aromatic N) is 2. The third-order valence-corrected chi connectivity index (χ3v) is 3.44. The largest absolute Gasteiger partial charge is 0.315 e. The molecule has 1 aromatic heterocycles. The lowest BCUT2D eigenvalue weighted by Gasteiger charge is -2.19. The van der Waals surface area contributed by atoms with E-state index in [-0.39, 0.29) is 0 Å². The number of benzene rings is 1. The second-order valence-corrected chi connectivity index (χ2v) is 5.10. The van der Waals surface area contributed by atoms with Crippen LogP contribution in [0.1, 0.15) is 38.8 Å². The van der Waals surface area contributed by atoms with Crippen molar-refractivity contribution in [2.75, 3.05) is 6.54 Å². The lowest BCUT2D eigenvalue weighted by molar-refractivity contribution is 0.481. The third kappa shape index (κ3) is 3.44. The first-order valence-electron chi connectivity index (χ1n) is 7.05. The van der Waals surface area contributed by atoms with E-state index in [4.69, 9.17) is 0 Å². The minimum absolute atomic E-state index is 0.483. The van der Waals surface area contributed by atoms with Gasteiger partial charge in [-0.15, -0.1) is 0 Å². The Labute approximate surface area is 115 Å². The molecule has 0 saturated carbocycles. The van der Waals surface area contributed by atoms with Gasteiger partial charge in [0.15, 0.2) is 0 Å². The molecule has 0 aliphatic carbocycles. The van der Waals surface area contributed by atoms with Crippen LogP contribution < -0.4 is 5.32 Å². The van der Waals surface area contributed by atoms with Crippen LogP contribution in [0.2, 0.25) is 0 Å². The van der Waals surface area contributed by atoms with Crippen LogP contribution in [0, 0.1) is 0 Å². The molecule has 1 heterocycles. The highest BCUT2D eigenvalue weighted by molar-refractivity contribution is 5.33. The third-order valence-electron chi connectivity index (χ3n) is 3.44. The van der Waals surface area contributed by atoms with Gasteiger partial charge in [0, 0.05) is 17.9 Å². The monoisotopic (exact) mass is 257 g/mol. The highest BCUT2D eigenvalue weighted by atomic mass is 15.3. The van der Waals surface area contributed by atoms with Gasteiger partial charge in [0.1, 0.15) is 0 Å². The van der Waals surface area contributed by atoms with E-state index < -0.39 is 0 Å². The van der Waals surface area contributed by atoms with Crippen molar-refractivity contribution in [2.24, 2.45) is 0 Å². The van der Waals surface area contributed by atoms with Crippen molar-refractivity contribution in [3.05, 3.63) is 48.3 Å². The Morgan fingerprint density at radius 2 is 1.89 bits per heavy atom. The predicted octanol–water partition coefficient (Wildman–Crippen LogP) is 3.36. The van der Waals surface area contributed by atoms with Gasteiger partial charge in [0.05, 0.1) is 5.69 Å². The summed E-state index contributed by atoms with van der Waals surface area (Å²) in [5.41, 5.74) is 2.40. The maximum absolute atomic E-state index is 4.46. The fraction of sp³-hybridized carbons (Fsp3) is 0.438. The summed E-state index contributed by atoms with van der Waals surface area (Å²) >= 11 is 0. The first-order valence-corrected chi connectivity index (χ1v) is 7.05. The quantitative estimate of drug-likeness (QED) is 0.860. The van der Waals surface area contributed by atoms with Crippen LogP contribution in [0.3, 0.4) is 0 Å². The fourth-order valence-corrected chi connectivity index (χ4v) is 2.55. The molecule has 1 N–H and O–H groups in total. The maximum Gasteiger partial charge on any atom is 0.0648 e. The molecule has 0 spiro atoms. The molecule has 2 atom stereocenters. The summed E-state index contributed by atoms with van der Waals surface area (Å²) in [7, 11) is 0. The van der Waals surface area contributed by atoms with Crippen LogP contribution in [0.25, 0.3) is 5.69 Å². The molecular weight excluding hydrogens is 234 g/mol. The standard InChI is InChI=1S/C16H23N3/c1-4-17-14(3)12-13(2)16-10-11-18-19(16)15-8-6-5-7-9-15/h5-11,13-14,17H,4,12H2,1-3H3. The van der Waals surface area contributed by atoms with E-state index in [0.717, 1.165) is 18.7 Å². The molecule has 0 aliphatic heterocycles. The second-order valence-electron chi connectivity index (χ2n) is 5.10. The predicted molar refractivity (Wildman–Crippen MR) is 79.7 cm³/mol. The number of nitrogens with one attached hydrogen (secondary N) is 1. The summed E-state index contributed by atoms with van der Waals surface area (Å²) < 4.78 is 2.04. The molecule has 102 valence electrons. The summed E-state index contributed by atoms with van der Waals surface area (Å²) in [4.78, 5) is 0. The van der Waals surface area contributed by atoms with Gasteiger partial charge in [0.25, 0.3) is 0 Å². The molecule has 0 saturated heterocycles. The van der Waals surface area contributed by atoms with Gasteiger partial charge in [-0.3, -0.25) is 0 Å². The lowest BCUT2D eigenvalue weighted by atomic mass is 9.99. The summed E-state index contributed by atoms with van der Waals surface area (Å²) in [5.74, 6) is 0.483. The number of para-hydroxylation sites is 1. The Morgan fingerprint density at radius 3 is 2.58 bits per heavy atom. The summed E-state index contributed by atoms with van der Waals surface area (Å²) in [6, 6.07) is 13.0. The SMILES string of the molecule is CCNC(C)CC(C)c1ccnn1-c1ccccc1. The van der Waals surface area contributed by atoms with E-state index in [2.05, 4.69) is 49.4 Å². The number of hydrogen-bond acceptors (Lipinski definition) is 2. The molecule has 0 aliphatic rings. The van der Waals surface area contributed by atoms with Gasteiger partial charge in [-0.05, 0) is 44.0 Å². The van der Waals surface area contributed by atoms with Gasteiger partial charge in [0.2, 0.25) is 0 Å². The summed E-state index contributed by atoms with van der Waals surface area (Å²) in [5, 5.41) is 7.92. The van der Waals surface area contributed by atoms with Gasteiger partial charge < -0.3 is 5.32 Å².